The minimum atomic E-state index is -0.254. The Bertz CT molecular complexity index is 844. The molecule has 0 unspecified atom stereocenters. The summed E-state index contributed by atoms with van der Waals surface area (Å²) in [6.07, 6.45) is 0.958. The zero-order valence-corrected chi connectivity index (χ0v) is 14.1. The van der Waals surface area contributed by atoms with Crippen LogP contribution in [0.3, 0.4) is 0 Å². The fraction of sp³-hybridized carbons (Fsp3) is 0.190. The summed E-state index contributed by atoms with van der Waals surface area (Å²) in [5, 5.41) is 4.29. The van der Waals surface area contributed by atoms with Gasteiger partial charge in [0.1, 0.15) is 6.29 Å². The Morgan fingerprint density at radius 2 is 1.71 bits per heavy atom. The maximum Gasteiger partial charge on any atom is 0.143 e. The highest BCUT2D eigenvalue weighted by molar-refractivity contribution is 5.86. The van der Waals surface area contributed by atoms with Gasteiger partial charge in [-0.1, -0.05) is 54.6 Å². The van der Waals surface area contributed by atoms with Crippen LogP contribution < -0.4 is 10.4 Å². The second-order valence-corrected chi connectivity index (χ2v) is 6.04. The van der Waals surface area contributed by atoms with Crippen LogP contribution in [0.25, 0.3) is 10.8 Å². The van der Waals surface area contributed by atoms with Gasteiger partial charge in [0.15, 0.2) is 0 Å². The molecular weight excluding hydrogens is 296 g/mol. The van der Waals surface area contributed by atoms with Crippen molar-refractivity contribution in [1.29, 1.82) is 0 Å². The van der Waals surface area contributed by atoms with Crippen molar-refractivity contribution in [3.63, 3.8) is 0 Å². The van der Waals surface area contributed by atoms with Gasteiger partial charge in [0, 0.05) is 6.54 Å². The van der Waals surface area contributed by atoms with E-state index in [-0.39, 0.29) is 6.04 Å². The molecule has 1 N–H and O–H groups in total. The lowest BCUT2D eigenvalue weighted by Gasteiger charge is -2.29. The maximum absolute atomic E-state index is 11.4. The highest BCUT2D eigenvalue weighted by atomic mass is 16.1. The Morgan fingerprint density at radius 1 is 1.00 bits per heavy atom. The number of hydrogen-bond acceptors (Lipinski definition) is 3. The van der Waals surface area contributed by atoms with Gasteiger partial charge >= 0.3 is 0 Å². The number of fused-ring (bicyclic) bond motifs is 1. The number of aryl methyl sites for hydroxylation is 1. The molecule has 0 saturated heterocycles. The quantitative estimate of drug-likeness (QED) is 0.545. The molecule has 122 valence electrons. The van der Waals surface area contributed by atoms with Gasteiger partial charge in [0.05, 0.1) is 11.7 Å². The third kappa shape index (κ3) is 3.47. The van der Waals surface area contributed by atoms with Crippen LogP contribution >= 0.6 is 0 Å². The zero-order chi connectivity index (χ0) is 16.9. The molecule has 0 amide bonds. The van der Waals surface area contributed by atoms with E-state index in [9.17, 15) is 4.79 Å². The number of rotatable bonds is 6. The first-order chi connectivity index (χ1) is 11.7. The van der Waals surface area contributed by atoms with E-state index in [1.165, 1.54) is 16.5 Å². The minimum Gasteiger partial charge on any atom is -0.301 e. The van der Waals surface area contributed by atoms with Gasteiger partial charge < -0.3 is 4.79 Å². The van der Waals surface area contributed by atoms with Crippen molar-refractivity contribution in [2.75, 3.05) is 5.01 Å². The molecule has 3 nitrogen and oxygen atoms in total. The summed E-state index contributed by atoms with van der Waals surface area (Å²) in [5.41, 5.74) is 6.86. The number of carbonyl (C=O) groups excluding carboxylic acids is 1. The summed E-state index contributed by atoms with van der Waals surface area (Å²) >= 11 is 0. The maximum atomic E-state index is 11.4. The Hall–Kier alpha value is -2.65. The summed E-state index contributed by atoms with van der Waals surface area (Å²) in [6, 6.07) is 22.5. The first-order valence-corrected chi connectivity index (χ1v) is 8.20. The number of anilines is 1. The molecule has 0 heterocycles. The van der Waals surface area contributed by atoms with Crippen molar-refractivity contribution >= 4 is 22.7 Å². The number of nitrogens with zero attached hydrogens (tertiary/aromatic N) is 1. The number of hydrogen-bond donors (Lipinski definition) is 1. The molecule has 3 rings (SSSR count). The van der Waals surface area contributed by atoms with Crippen LogP contribution in [-0.2, 0) is 11.3 Å². The van der Waals surface area contributed by atoms with Crippen molar-refractivity contribution in [3.8, 4) is 0 Å². The Balaban J connectivity index is 1.87. The number of aldehydes is 1. The van der Waals surface area contributed by atoms with Crippen LogP contribution in [0.1, 0.15) is 18.1 Å². The summed E-state index contributed by atoms with van der Waals surface area (Å²) in [5.74, 6) is 0. The van der Waals surface area contributed by atoms with Crippen LogP contribution in [0.2, 0.25) is 0 Å². The highest BCUT2D eigenvalue weighted by Crippen LogP contribution is 2.22. The van der Waals surface area contributed by atoms with E-state index in [0.29, 0.717) is 6.54 Å². The second kappa shape index (κ2) is 7.28. The number of nitrogens with one attached hydrogen (secondary N) is 1. The summed E-state index contributed by atoms with van der Waals surface area (Å²) in [7, 11) is 0. The predicted molar refractivity (Wildman–Crippen MR) is 100.0 cm³/mol. The summed E-state index contributed by atoms with van der Waals surface area (Å²) in [6.45, 7) is 4.67. The van der Waals surface area contributed by atoms with Gasteiger partial charge in [-0.2, -0.15) is 0 Å². The van der Waals surface area contributed by atoms with E-state index >= 15 is 0 Å². The largest absolute Gasteiger partial charge is 0.301 e. The molecule has 0 aliphatic carbocycles. The molecule has 0 saturated carbocycles. The van der Waals surface area contributed by atoms with E-state index in [4.69, 9.17) is 0 Å². The van der Waals surface area contributed by atoms with Crippen LogP contribution in [0, 0.1) is 6.92 Å². The molecule has 3 aromatic rings. The van der Waals surface area contributed by atoms with E-state index in [2.05, 4.69) is 48.7 Å². The Morgan fingerprint density at radius 3 is 2.46 bits per heavy atom. The molecule has 0 spiro atoms. The first kappa shape index (κ1) is 16.2. The third-order valence-corrected chi connectivity index (χ3v) is 4.32. The summed E-state index contributed by atoms with van der Waals surface area (Å²) < 4.78 is 0. The van der Waals surface area contributed by atoms with Crippen LogP contribution in [-0.4, -0.2) is 12.3 Å². The third-order valence-electron chi connectivity index (χ3n) is 4.32. The number of carbonyl (C=O) groups is 1. The van der Waals surface area contributed by atoms with E-state index < -0.39 is 0 Å². The van der Waals surface area contributed by atoms with Gasteiger partial charge in [-0.25, -0.2) is 5.43 Å². The molecular formula is C21H22N2O. The highest BCUT2D eigenvalue weighted by Gasteiger charge is 2.14. The molecule has 0 aliphatic heterocycles. The fourth-order valence-electron chi connectivity index (χ4n) is 2.84. The molecule has 0 aromatic heterocycles. The van der Waals surface area contributed by atoms with Crippen LogP contribution in [0.5, 0.6) is 0 Å². The van der Waals surface area contributed by atoms with Gasteiger partial charge in [-0.15, -0.1) is 0 Å². The lowest BCUT2D eigenvalue weighted by atomic mass is 10.1. The minimum absolute atomic E-state index is 0.254. The van der Waals surface area contributed by atoms with Crippen molar-refractivity contribution < 1.29 is 4.79 Å². The van der Waals surface area contributed by atoms with Gasteiger partial charge in [-0.05, 0) is 47.9 Å². The molecule has 24 heavy (non-hydrogen) atoms. The Labute approximate surface area is 142 Å². The van der Waals surface area contributed by atoms with Gasteiger partial charge in [-0.3, -0.25) is 5.01 Å². The van der Waals surface area contributed by atoms with Crippen LogP contribution in [0.15, 0.2) is 66.7 Å². The molecule has 0 radical (unpaired) electrons. The molecule has 0 aliphatic rings. The van der Waals surface area contributed by atoms with Crippen molar-refractivity contribution in [1.82, 2.24) is 5.43 Å². The average molecular weight is 318 g/mol. The lowest BCUT2D eigenvalue weighted by molar-refractivity contribution is -0.108. The standard InChI is InChI=1S/C21H22N2O/c1-16-7-3-4-10-20(16)14-22-23(17(2)15-24)21-12-11-18-8-5-6-9-19(18)13-21/h3-13,15,17,22H,14H2,1-2H3/t17-/m0/s1. The van der Waals surface area contributed by atoms with E-state index in [1.54, 1.807) is 0 Å². The zero-order valence-electron chi connectivity index (χ0n) is 14.1. The molecule has 3 aromatic carbocycles. The Kier molecular flexibility index (Phi) is 4.92. The summed E-state index contributed by atoms with van der Waals surface area (Å²) in [4.78, 5) is 11.4. The second-order valence-electron chi connectivity index (χ2n) is 6.04. The van der Waals surface area contributed by atoms with Gasteiger partial charge in [0.25, 0.3) is 0 Å². The van der Waals surface area contributed by atoms with Crippen LogP contribution in [0.4, 0.5) is 5.69 Å². The van der Waals surface area contributed by atoms with Crippen molar-refractivity contribution in [2.24, 2.45) is 0 Å². The number of hydrazine groups is 1. The molecule has 3 heteroatoms. The normalized spacial score (nSPS) is 12.1. The lowest BCUT2D eigenvalue weighted by Crippen LogP contribution is -2.45. The number of benzene rings is 3. The van der Waals surface area contributed by atoms with Gasteiger partial charge in [0.2, 0.25) is 0 Å². The van der Waals surface area contributed by atoms with Crippen molar-refractivity contribution in [3.05, 3.63) is 77.9 Å². The molecule has 1 atom stereocenters. The van der Waals surface area contributed by atoms with E-state index in [1.807, 2.05) is 42.3 Å². The van der Waals surface area contributed by atoms with E-state index in [0.717, 1.165) is 17.4 Å². The topological polar surface area (TPSA) is 32.3 Å². The van der Waals surface area contributed by atoms with Crippen molar-refractivity contribution in [2.45, 2.75) is 26.4 Å². The molecule has 0 fully saturated rings. The monoisotopic (exact) mass is 318 g/mol. The fourth-order valence-corrected chi connectivity index (χ4v) is 2.84. The predicted octanol–water partition coefficient (Wildman–Crippen LogP) is 4.25. The SMILES string of the molecule is Cc1ccccc1CNN(c1ccc2ccccc2c1)[C@@H](C)C=O. The molecule has 0 bridgehead atoms. The first-order valence-electron chi connectivity index (χ1n) is 8.20. The average Bonchev–Trinajstić information content (AvgIpc) is 2.63. The smallest absolute Gasteiger partial charge is 0.143 e.